The summed E-state index contributed by atoms with van der Waals surface area (Å²) in [5.41, 5.74) is 4.03. The molecule has 1 heterocycles. The maximum atomic E-state index is 13.2. The van der Waals surface area contributed by atoms with Gasteiger partial charge in [-0.2, -0.15) is 0 Å². The lowest BCUT2D eigenvalue weighted by atomic mass is 9.90. The average molecular weight is 463 g/mol. The molecule has 33 heavy (non-hydrogen) atoms. The van der Waals surface area contributed by atoms with Crippen molar-refractivity contribution in [3.05, 3.63) is 95.1 Å². The maximum Gasteiger partial charge on any atom is 0.261 e. The van der Waals surface area contributed by atoms with Crippen LogP contribution in [-0.4, -0.2) is 32.3 Å². The molecule has 5 nitrogen and oxygen atoms in total. The van der Waals surface area contributed by atoms with Crippen LogP contribution in [0.1, 0.15) is 39.9 Å². The van der Waals surface area contributed by atoms with Gasteiger partial charge in [0.1, 0.15) is 0 Å². The number of amides is 1. The van der Waals surface area contributed by atoms with E-state index in [0.717, 1.165) is 30.4 Å². The molecule has 1 N–H and O–H groups in total. The molecule has 0 saturated carbocycles. The third-order valence-corrected chi connectivity index (χ3v) is 7.71. The number of sulfonamides is 1. The van der Waals surface area contributed by atoms with Crippen LogP contribution in [0.15, 0.2) is 77.7 Å². The maximum absolute atomic E-state index is 13.2. The zero-order valence-electron chi connectivity index (χ0n) is 19.1. The molecule has 0 spiro atoms. The summed E-state index contributed by atoms with van der Waals surface area (Å²) >= 11 is 0. The van der Waals surface area contributed by atoms with E-state index in [2.05, 4.69) is 29.0 Å². The molecular formula is C27H30N2O3S. The summed E-state index contributed by atoms with van der Waals surface area (Å²) in [5, 5.41) is 0. The number of anilines is 1. The van der Waals surface area contributed by atoms with E-state index in [-0.39, 0.29) is 10.8 Å². The molecule has 6 heteroatoms. The van der Waals surface area contributed by atoms with Gasteiger partial charge < -0.3 is 4.90 Å². The van der Waals surface area contributed by atoms with Gasteiger partial charge in [0.25, 0.3) is 15.9 Å². The summed E-state index contributed by atoms with van der Waals surface area (Å²) < 4.78 is 28.3. The number of likely N-dealkylation sites (tertiary alicyclic amines) is 1. The molecule has 3 aromatic carbocycles. The normalized spacial score (nSPS) is 14.8. The molecular weight excluding hydrogens is 432 g/mol. The van der Waals surface area contributed by atoms with E-state index in [4.69, 9.17) is 0 Å². The van der Waals surface area contributed by atoms with Crippen LogP contribution in [-0.2, 0) is 16.4 Å². The van der Waals surface area contributed by atoms with E-state index in [1.807, 2.05) is 24.8 Å². The summed E-state index contributed by atoms with van der Waals surface area (Å²) in [5.74, 6) is 0.523. The quantitative estimate of drug-likeness (QED) is 0.548. The second kappa shape index (κ2) is 9.79. The largest absolute Gasteiger partial charge is 0.339 e. The standard InChI is InChI=1S/C27H30N2O3S/c1-20-8-12-25(13-9-20)33(31,32)28-26-19-24(11-10-21(26)2)27(30)29-16-14-23(15-17-29)18-22-6-4-3-5-7-22/h3-13,19,23,28H,14-18H2,1-2H3. The predicted octanol–water partition coefficient (Wildman–Crippen LogP) is 5.20. The number of piperidine rings is 1. The molecule has 4 rings (SSSR count). The van der Waals surface area contributed by atoms with Crippen LogP contribution in [0.25, 0.3) is 0 Å². The second-order valence-electron chi connectivity index (χ2n) is 8.87. The Morgan fingerprint density at radius 3 is 2.27 bits per heavy atom. The highest BCUT2D eigenvalue weighted by Crippen LogP contribution is 2.25. The SMILES string of the molecule is Cc1ccc(S(=O)(=O)Nc2cc(C(=O)N3CCC(Cc4ccccc4)CC3)ccc2C)cc1. The fraction of sp³-hybridized carbons (Fsp3) is 0.296. The number of hydrogen-bond donors (Lipinski definition) is 1. The lowest BCUT2D eigenvalue weighted by Crippen LogP contribution is -2.39. The Kier molecular flexibility index (Phi) is 6.84. The van der Waals surface area contributed by atoms with Crippen molar-refractivity contribution in [2.75, 3.05) is 17.8 Å². The van der Waals surface area contributed by atoms with Crippen LogP contribution in [0, 0.1) is 19.8 Å². The molecule has 3 aromatic rings. The second-order valence-corrected chi connectivity index (χ2v) is 10.6. The molecule has 1 amide bonds. The highest BCUT2D eigenvalue weighted by Gasteiger charge is 2.24. The van der Waals surface area contributed by atoms with Crippen molar-refractivity contribution < 1.29 is 13.2 Å². The molecule has 0 aromatic heterocycles. The van der Waals surface area contributed by atoms with Crippen LogP contribution in [0.4, 0.5) is 5.69 Å². The Balaban J connectivity index is 1.43. The number of nitrogens with one attached hydrogen (secondary N) is 1. The number of rotatable bonds is 6. The zero-order valence-corrected chi connectivity index (χ0v) is 19.9. The van der Waals surface area contributed by atoms with Gasteiger partial charge >= 0.3 is 0 Å². The van der Waals surface area contributed by atoms with Gasteiger partial charge in [-0.3, -0.25) is 9.52 Å². The van der Waals surface area contributed by atoms with Gasteiger partial charge in [0.15, 0.2) is 0 Å². The number of aryl methyl sites for hydroxylation is 2. The van der Waals surface area contributed by atoms with Crippen molar-refractivity contribution in [2.45, 2.75) is 38.0 Å². The van der Waals surface area contributed by atoms with Crippen molar-refractivity contribution >= 4 is 21.6 Å². The van der Waals surface area contributed by atoms with Crippen LogP contribution < -0.4 is 4.72 Å². The Morgan fingerprint density at radius 2 is 1.61 bits per heavy atom. The third-order valence-electron chi connectivity index (χ3n) is 6.33. The van der Waals surface area contributed by atoms with Gasteiger partial charge in [-0.25, -0.2) is 8.42 Å². The Bertz CT molecular complexity index is 1210. The summed E-state index contributed by atoms with van der Waals surface area (Å²) in [6.45, 7) is 5.17. The first kappa shape index (κ1) is 23.1. The van der Waals surface area contributed by atoms with E-state index in [0.29, 0.717) is 30.3 Å². The van der Waals surface area contributed by atoms with Gasteiger partial charge in [0, 0.05) is 18.7 Å². The van der Waals surface area contributed by atoms with Crippen molar-refractivity contribution in [2.24, 2.45) is 5.92 Å². The number of hydrogen-bond acceptors (Lipinski definition) is 3. The van der Waals surface area contributed by atoms with E-state index in [1.165, 1.54) is 5.56 Å². The van der Waals surface area contributed by atoms with Crippen molar-refractivity contribution in [3.8, 4) is 0 Å². The molecule has 0 unspecified atom stereocenters. The molecule has 0 aliphatic carbocycles. The first-order valence-corrected chi connectivity index (χ1v) is 12.8. The van der Waals surface area contributed by atoms with Crippen molar-refractivity contribution in [1.82, 2.24) is 4.90 Å². The molecule has 172 valence electrons. The minimum absolute atomic E-state index is 0.0519. The Labute approximate surface area is 196 Å². The smallest absolute Gasteiger partial charge is 0.261 e. The van der Waals surface area contributed by atoms with Gasteiger partial charge in [-0.15, -0.1) is 0 Å². The summed E-state index contributed by atoms with van der Waals surface area (Å²) in [7, 11) is -3.73. The number of benzene rings is 3. The van der Waals surface area contributed by atoms with Crippen LogP contribution >= 0.6 is 0 Å². The zero-order chi connectivity index (χ0) is 23.4. The highest BCUT2D eigenvalue weighted by atomic mass is 32.2. The van der Waals surface area contributed by atoms with Crippen molar-refractivity contribution in [1.29, 1.82) is 0 Å². The summed E-state index contributed by atoms with van der Waals surface area (Å²) in [4.78, 5) is 15.2. The Hall–Kier alpha value is -3.12. The lowest BCUT2D eigenvalue weighted by molar-refractivity contribution is 0.0690. The minimum Gasteiger partial charge on any atom is -0.339 e. The third kappa shape index (κ3) is 5.63. The topological polar surface area (TPSA) is 66.5 Å². The molecule has 1 fully saturated rings. The molecule has 1 aliphatic rings. The molecule has 0 atom stereocenters. The number of nitrogens with zero attached hydrogens (tertiary/aromatic N) is 1. The van der Waals surface area contributed by atoms with E-state index in [1.54, 1.807) is 42.5 Å². The first-order valence-electron chi connectivity index (χ1n) is 11.4. The lowest BCUT2D eigenvalue weighted by Gasteiger charge is -2.32. The van der Waals surface area contributed by atoms with Crippen LogP contribution in [0.3, 0.4) is 0 Å². The average Bonchev–Trinajstić information content (AvgIpc) is 2.81. The van der Waals surface area contributed by atoms with Crippen molar-refractivity contribution in [3.63, 3.8) is 0 Å². The molecule has 0 bridgehead atoms. The summed E-state index contributed by atoms with van der Waals surface area (Å²) in [6.07, 6.45) is 2.98. The van der Waals surface area contributed by atoms with Gasteiger partial charge in [0.2, 0.25) is 0 Å². The fourth-order valence-electron chi connectivity index (χ4n) is 4.26. The number of carbonyl (C=O) groups excluding carboxylic acids is 1. The van der Waals surface area contributed by atoms with E-state index < -0.39 is 10.0 Å². The summed E-state index contributed by atoms with van der Waals surface area (Å²) in [6, 6.07) is 22.4. The fourth-order valence-corrected chi connectivity index (χ4v) is 5.38. The van der Waals surface area contributed by atoms with Crippen LogP contribution in [0.2, 0.25) is 0 Å². The first-order chi connectivity index (χ1) is 15.8. The van der Waals surface area contributed by atoms with Gasteiger partial charge in [0.05, 0.1) is 10.6 Å². The molecule has 1 saturated heterocycles. The minimum atomic E-state index is -3.73. The predicted molar refractivity (Wildman–Crippen MR) is 132 cm³/mol. The van der Waals surface area contributed by atoms with Gasteiger partial charge in [-0.1, -0.05) is 54.1 Å². The highest BCUT2D eigenvalue weighted by molar-refractivity contribution is 7.92. The Morgan fingerprint density at radius 1 is 0.939 bits per heavy atom. The molecule has 1 aliphatic heterocycles. The van der Waals surface area contributed by atoms with Crippen LogP contribution in [0.5, 0.6) is 0 Å². The van der Waals surface area contributed by atoms with Gasteiger partial charge in [-0.05, 0) is 74.4 Å². The monoisotopic (exact) mass is 462 g/mol. The molecule has 0 radical (unpaired) electrons. The van der Waals surface area contributed by atoms with E-state index in [9.17, 15) is 13.2 Å². The van der Waals surface area contributed by atoms with E-state index >= 15 is 0 Å². The number of carbonyl (C=O) groups is 1.